The molecule has 11 heavy (non-hydrogen) atoms. The van der Waals surface area contributed by atoms with Crippen LogP contribution in [0.3, 0.4) is 0 Å². The fraction of sp³-hybridized carbons (Fsp3) is 0.250. The molecule has 0 N–H and O–H groups in total. The minimum absolute atomic E-state index is 0.135. The van der Waals surface area contributed by atoms with Crippen molar-refractivity contribution in [1.82, 2.24) is 0 Å². The largest absolute Gasteiger partial charge is 0.496 e. The second-order valence-corrected chi connectivity index (χ2v) is 2.32. The fourth-order valence-electron chi connectivity index (χ4n) is 0.860. The van der Waals surface area contributed by atoms with Gasteiger partial charge in [-0.3, -0.25) is 0 Å². The second kappa shape index (κ2) is 3.58. The molecular formula is C8H8ClFO. The highest BCUT2D eigenvalue weighted by Crippen LogP contribution is 2.22. The summed E-state index contributed by atoms with van der Waals surface area (Å²) < 4.78 is 17.8. The summed E-state index contributed by atoms with van der Waals surface area (Å²) in [7, 11) is 1.49. The van der Waals surface area contributed by atoms with E-state index >= 15 is 0 Å². The number of ether oxygens (including phenoxy) is 1. The summed E-state index contributed by atoms with van der Waals surface area (Å²) in [6, 6.07) is 4.63. The molecule has 1 nitrogen and oxygen atoms in total. The summed E-state index contributed by atoms with van der Waals surface area (Å²) in [6.45, 7) is 0. The molecule has 0 radical (unpaired) electrons. The Hall–Kier alpha value is -0.760. The number of halogens is 2. The molecule has 0 fully saturated rings. The Bertz CT molecular complexity index is 250. The molecule has 1 aromatic rings. The maximum atomic E-state index is 12.9. The quantitative estimate of drug-likeness (QED) is 0.627. The molecule has 0 spiro atoms. The minimum atomic E-state index is -0.320. The van der Waals surface area contributed by atoms with E-state index in [1.54, 1.807) is 12.1 Å². The summed E-state index contributed by atoms with van der Waals surface area (Å²) in [5.41, 5.74) is 0.414. The van der Waals surface area contributed by atoms with Crippen molar-refractivity contribution in [1.29, 1.82) is 0 Å². The number of benzene rings is 1. The van der Waals surface area contributed by atoms with Crippen molar-refractivity contribution < 1.29 is 9.13 Å². The van der Waals surface area contributed by atoms with Gasteiger partial charge in [-0.25, -0.2) is 4.39 Å². The molecule has 0 saturated carbocycles. The lowest BCUT2D eigenvalue weighted by molar-refractivity contribution is 0.406. The first-order chi connectivity index (χ1) is 5.29. The summed E-state index contributed by atoms with van der Waals surface area (Å²) in [5.74, 6) is 0.315. The normalized spacial score (nSPS) is 9.73. The van der Waals surface area contributed by atoms with E-state index in [2.05, 4.69) is 0 Å². The van der Waals surface area contributed by atoms with Gasteiger partial charge in [-0.05, 0) is 12.1 Å². The topological polar surface area (TPSA) is 9.23 Å². The highest BCUT2D eigenvalue weighted by Gasteiger charge is 2.05. The highest BCUT2D eigenvalue weighted by atomic mass is 35.5. The molecule has 1 rings (SSSR count). The Kier molecular flexibility index (Phi) is 2.71. The van der Waals surface area contributed by atoms with Gasteiger partial charge in [0.25, 0.3) is 0 Å². The van der Waals surface area contributed by atoms with Crippen molar-refractivity contribution in [3.63, 3.8) is 0 Å². The van der Waals surface area contributed by atoms with Crippen LogP contribution in [0.5, 0.6) is 5.75 Å². The van der Waals surface area contributed by atoms with Crippen LogP contribution in [0.4, 0.5) is 4.39 Å². The predicted octanol–water partition coefficient (Wildman–Crippen LogP) is 2.57. The second-order valence-electron chi connectivity index (χ2n) is 2.05. The van der Waals surface area contributed by atoms with Gasteiger partial charge < -0.3 is 4.74 Å². The van der Waals surface area contributed by atoms with E-state index in [1.165, 1.54) is 13.2 Å². The average Bonchev–Trinajstić information content (AvgIpc) is 2.04. The van der Waals surface area contributed by atoms with E-state index in [0.717, 1.165) is 0 Å². The first-order valence-electron chi connectivity index (χ1n) is 3.17. The maximum Gasteiger partial charge on any atom is 0.131 e. The highest BCUT2D eigenvalue weighted by molar-refractivity contribution is 6.17. The molecule has 60 valence electrons. The molecule has 0 aliphatic rings. The molecular weight excluding hydrogens is 167 g/mol. The van der Waals surface area contributed by atoms with Crippen molar-refractivity contribution in [3.8, 4) is 5.75 Å². The first-order valence-corrected chi connectivity index (χ1v) is 3.70. The van der Waals surface area contributed by atoms with Gasteiger partial charge in [0, 0.05) is 5.56 Å². The smallest absolute Gasteiger partial charge is 0.131 e. The van der Waals surface area contributed by atoms with Crippen LogP contribution < -0.4 is 4.74 Å². The van der Waals surface area contributed by atoms with Crippen LogP contribution in [-0.2, 0) is 5.88 Å². The molecule has 0 bridgehead atoms. The van der Waals surface area contributed by atoms with Crippen LogP contribution in [0, 0.1) is 5.82 Å². The zero-order valence-corrected chi connectivity index (χ0v) is 6.86. The Morgan fingerprint density at radius 2 is 2.27 bits per heavy atom. The standard InChI is InChI=1S/C8H8ClFO/c1-11-8-4-2-3-7(10)6(8)5-9/h2-4H,5H2,1H3. The summed E-state index contributed by atoms with van der Waals surface area (Å²) in [5, 5.41) is 0. The lowest BCUT2D eigenvalue weighted by atomic mass is 10.2. The Morgan fingerprint density at radius 1 is 1.55 bits per heavy atom. The van der Waals surface area contributed by atoms with Crippen molar-refractivity contribution in [3.05, 3.63) is 29.6 Å². The van der Waals surface area contributed by atoms with Crippen molar-refractivity contribution >= 4 is 11.6 Å². The van der Waals surface area contributed by atoms with E-state index in [4.69, 9.17) is 16.3 Å². The number of hydrogen-bond donors (Lipinski definition) is 0. The van der Waals surface area contributed by atoms with Crippen LogP contribution in [-0.4, -0.2) is 7.11 Å². The van der Waals surface area contributed by atoms with Gasteiger partial charge in [0.1, 0.15) is 11.6 Å². The molecule has 3 heteroatoms. The van der Waals surface area contributed by atoms with Crippen LogP contribution >= 0.6 is 11.6 Å². The van der Waals surface area contributed by atoms with E-state index < -0.39 is 0 Å². The Labute approximate surface area is 69.7 Å². The van der Waals surface area contributed by atoms with E-state index in [9.17, 15) is 4.39 Å². The number of hydrogen-bond acceptors (Lipinski definition) is 1. The SMILES string of the molecule is COc1cccc(F)c1CCl. The molecule has 0 aliphatic carbocycles. The third-order valence-electron chi connectivity index (χ3n) is 1.43. The van der Waals surface area contributed by atoms with E-state index in [0.29, 0.717) is 11.3 Å². The zero-order valence-electron chi connectivity index (χ0n) is 6.10. The van der Waals surface area contributed by atoms with Crippen LogP contribution in [0.2, 0.25) is 0 Å². The molecule has 0 amide bonds. The number of methoxy groups -OCH3 is 1. The Morgan fingerprint density at radius 3 is 2.73 bits per heavy atom. The van der Waals surface area contributed by atoms with Gasteiger partial charge in [-0.2, -0.15) is 0 Å². The van der Waals surface area contributed by atoms with Crippen LogP contribution in [0.1, 0.15) is 5.56 Å². The molecule has 0 heterocycles. The zero-order chi connectivity index (χ0) is 8.27. The molecule has 1 aromatic carbocycles. The summed E-state index contributed by atoms with van der Waals surface area (Å²) in [6.07, 6.45) is 0. The monoisotopic (exact) mass is 174 g/mol. The lowest BCUT2D eigenvalue weighted by Crippen LogP contribution is -1.92. The molecule has 0 aromatic heterocycles. The maximum absolute atomic E-state index is 12.9. The predicted molar refractivity (Wildman–Crippen MR) is 42.5 cm³/mol. The van der Waals surface area contributed by atoms with Crippen molar-refractivity contribution in [2.75, 3.05) is 7.11 Å². The molecule has 0 aliphatic heterocycles. The third kappa shape index (κ3) is 1.63. The molecule has 0 unspecified atom stereocenters. The average molecular weight is 175 g/mol. The minimum Gasteiger partial charge on any atom is -0.496 e. The van der Waals surface area contributed by atoms with Gasteiger partial charge in [-0.15, -0.1) is 11.6 Å². The summed E-state index contributed by atoms with van der Waals surface area (Å²) >= 11 is 5.50. The number of alkyl halides is 1. The van der Waals surface area contributed by atoms with Gasteiger partial charge in [0.05, 0.1) is 13.0 Å². The van der Waals surface area contributed by atoms with Gasteiger partial charge in [-0.1, -0.05) is 6.07 Å². The molecule has 0 atom stereocenters. The van der Waals surface area contributed by atoms with Crippen molar-refractivity contribution in [2.24, 2.45) is 0 Å². The van der Waals surface area contributed by atoms with Crippen LogP contribution in [0.15, 0.2) is 18.2 Å². The van der Waals surface area contributed by atoms with E-state index in [1.807, 2.05) is 0 Å². The lowest BCUT2D eigenvalue weighted by Gasteiger charge is -2.05. The fourth-order valence-corrected chi connectivity index (χ4v) is 1.12. The Balaban J connectivity index is 3.13. The van der Waals surface area contributed by atoms with Gasteiger partial charge in [0.15, 0.2) is 0 Å². The van der Waals surface area contributed by atoms with Crippen LogP contribution in [0.25, 0.3) is 0 Å². The van der Waals surface area contributed by atoms with E-state index in [-0.39, 0.29) is 11.7 Å². The molecule has 0 saturated heterocycles. The van der Waals surface area contributed by atoms with Gasteiger partial charge >= 0.3 is 0 Å². The number of rotatable bonds is 2. The third-order valence-corrected chi connectivity index (χ3v) is 1.70. The van der Waals surface area contributed by atoms with Gasteiger partial charge in [0.2, 0.25) is 0 Å². The van der Waals surface area contributed by atoms with Crippen molar-refractivity contribution in [2.45, 2.75) is 5.88 Å². The summed E-state index contributed by atoms with van der Waals surface area (Å²) in [4.78, 5) is 0. The first kappa shape index (κ1) is 8.34.